The molecule has 0 bridgehead atoms. The van der Waals surface area contributed by atoms with Crippen LogP contribution in [-0.4, -0.2) is 9.97 Å². The Labute approximate surface area is 133 Å². The van der Waals surface area contributed by atoms with Gasteiger partial charge in [0.1, 0.15) is 5.82 Å². The van der Waals surface area contributed by atoms with Gasteiger partial charge in [0.25, 0.3) is 0 Å². The van der Waals surface area contributed by atoms with Crippen LogP contribution in [0.3, 0.4) is 0 Å². The van der Waals surface area contributed by atoms with E-state index in [1.807, 2.05) is 36.4 Å². The van der Waals surface area contributed by atoms with E-state index < -0.39 is 0 Å². The summed E-state index contributed by atoms with van der Waals surface area (Å²) in [5, 5.41) is 0.710. The Morgan fingerprint density at radius 3 is 2.18 bits per heavy atom. The van der Waals surface area contributed by atoms with Gasteiger partial charge in [0.2, 0.25) is 0 Å². The molecule has 0 aliphatic rings. The highest BCUT2D eigenvalue weighted by Crippen LogP contribution is 2.25. The summed E-state index contributed by atoms with van der Waals surface area (Å²) < 4.78 is 0. The van der Waals surface area contributed by atoms with E-state index in [1.54, 1.807) is 0 Å². The number of nitrogens with zero attached hydrogens (tertiary/aromatic N) is 1. The quantitative estimate of drug-likeness (QED) is 0.516. The average Bonchev–Trinajstić information content (AvgIpc) is 2.99. The van der Waals surface area contributed by atoms with Crippen molar-refractivity contribution in [3.63, 3.8) is 0 Å². The zero-order valence-electron chi connectivity index (χ0n) is 11.8. The lowest BCUT2D eigenvalue weighted by Crippen LogP contribution is -1.81. The summed E-state index contributed by atoms with van der Waals surface area (Å²) in [5.74, 6) is 0.858. The first-order chi connectivity index (χ1) is 10.8. The highest BCUT2D eigenvalue weighted by molar-refractivity contribution is 6.31. The second-order valence-corrected chi connectivity index (χ2v) is 5.63. The molecule has 0 unspecified atom stereocenters. The topological polar surface area (TPSA) is 28.7 Å². The van der Waals surface area contributed by atoms with Crippen LogP contribution in [0.1, 0.15) is 0 Å². The van der Waals surface area contributed by atoms with Gasteiger partial charge >= 0.3 is 0 Å². The zero-order valence-corrected chi connectivity index (χ0v) is 12.5. The van der Waals surface area contributed by atoms with E-state index >= 15 is 0 Å². The maximum absolute atomic E-state index is 6.01. The third-order valence-electron chi connectivity index (χ3n) is 3.71. The largest absolute Gasteiger partial charge is 0.338 e. The fraction of sp³-hybridized carbons (Fsp3) is 0. The average molecular weight is 305 g/mol. The molecule has 0 aliphatic carbocycles. The molecule has 1 aromatic heterocycles. The molecule has 0 saturated carbocycles. The Morgan fingerprint density at radius 1 is 0.727 bits per heavy atom. The van der Waals surface area contributed by atoms with Crippen LogP contribution in [0.2, 0.25) is 5.02 Å². The molecule has 0 amide bonds. The monoisotopic (exact) mass is 304 g/mol. The summed E-state index contributed by atoms with van der Waals surface area (Å²) >= 11 is 6.01. The van der Waals surface area contributed by atoms with Crippen LogP contribution in [0.5, 0.6) is 0 Å². The molecule has 0 atom stereocenters. The number of benzene rings is 3. The van der Waals surface area contributed by atoms with E-state index in [4.69, 9.17) is 11.6 Å². The van der Waals surface area contributed by atoms with Crippen LogP contribution in [0.4, 0.5) is 0 Å². The molecule has 1 N–H and O–H groups in total. The van der Waals surface area contributed by atoms with Gasteiger partial charge in [-0.25, -0.2) is 4.98 Å². The lowest BCUT2D eigenvalue weighted by atomic mass is 10.0. The van der Waals surface area contributed by atoms with Crippen molar-refractivity contribution in [2.24, 2.45) is 0 Å². The second-order valence-electron chi connectivity index (χ2n) is 5.19. The third-order valence-corrected chi connectivity index (χ3v) is 3.94. The van der Waals surface area contributed by atoms with Crippen LogP contribution < -0.4 is 0 Å². The number of nitrogens with one attached hydrogen (secondary N) is 1. The number of halogens is 1. The maximum atomic E-state index is 6.01. The van der Waals surface area contributed by atoms with Crippen LogP contribution >= 0.6 is 11.6 Å². The first-order valence-corrected chi connectivity index (χ1v) is 7.48. The molecule has 0 spiro atoms. The van der Waals surface area contributed by atoms with Gasteiger partial charge in [-0.2, -0.15) is 0 Å². The Balaban J connectivity index is 1.73. The van der Waals surface area contributed by atoms with E-state index in [-0.39, 0.29) is 0 Å². The van der Waals surface area contributed by atoms with Gasteiger partial charge in [-0.05, 0) is 29.3 Å². The summed E-state index contributed by atoms with van der Waals surface area (Å²) in [5.41, 5.74) is 5.35. The molecule has 2 nitrogen and oxygen atoms in total. The molecule has 4 aromatic rings. The van der Waals surface area contributed by atoms with Crippen LogP contribution in [0, 0.1) is 0 Å². The Bertz CT molecular complexity index is 925. The van der Waals surface area contributed by atoms with E-state index in [0.717, 1.165) is 22.4 Å². The fourth-order valence-electron chi connectivity index (χ4n) is 2.57. The molecular formula is C19H13ClN2. The van der Waals surface area contributed by atoms with Gasteiger partial charge in [0.15, 0.2) is 0 Å². The van der Waals surface area contributed by atoms with Crippen molar-refractivity contribution in [3.05, 3.63) is 77.8 Å². The summed E-state index contributed by atoms with van der Waals surface area (Å²) in [4.78, 5) is 7.93. The summed E-state index contributed by atoms with van der Waals surface area (Å²) in [6.07, 6.45) is 0. The first-order valence-electron chi connectivity index (χ1n) is 7.11. The van der Waals surface area contributed by atoms with E-state index in [1.165, 1.54) is 11.1 Å². The van der Waals surface area contributed by atoms with E-state index in [9.17, 15) is 0 Å². The van der Waals surface area contributed by atoms with E-state index in [2.05, 4.69) is 46.4 Å². The number of fused-ring (bicyclic) bond motifs is 1. The lowest BCUT2D eigenvalue weighted by Gasteiger charge is -2.02. The molecular weight excluding hydrogens is 292 g/mol. The van der Waals surface area contributed by atoms with Crippen molar-refractivity contribution in [1.29, 1.82) is 0 Å². The van der Waals surface area contributed by atoms with Crippen molar-refractivity contribution in [2.75, 3.05) is 0 Å². The molecule has 0 saturated heterocycles. The summed E-state index contributed by atoms with van der Waals surface area (Å²) in [7, 11) is 0. The minimum Gasteiger partial charge on any atom is -0.338 e. The van der Waals surface area contributed by atoms with Crippen LogP contribution in [-0.2, 0) is 0 Å². The van der Waals surface area contributed by atoms with Crippen molar-refractivity contribution in [3.8, 4) is 22.5 Å². The number of imidazole rings is 1. The van der Waals surface area contributed by atoms with Gasteiger partial charge in [-0.15, -0.1) is 0 Å². The fourth-order valence-corrected chi connectivity index (χ4v) is 2.74. The zero-order chi connectivity index (χ0) is 14.9. The highest BCUT2D eigenvalue weighted by Gasteiger charge is 2.06. The second kappa shape index (κ2) is 5.32. The molecule has 0 aliphatic heterocycles. The molecule has 106 valence electrons. The molecule has 3 heteroatoms. The smallest absolute Gasteiger partial charge is 0.138 e. The summed E-state index contributed by atoms with van der Waals surface area (Å²) in [6.45, 7) is 0. The van der Waals surface area contributed by atoms with Crippen molar-refractivity contribution in [2.45, 2.75) is 0 Å². The molecule has 1 heterocycles. The molecule has 0 fully saturated rings. The molecule has 3 aromatic carbocycles. The third kappa shape index (κ3) is 2.38. The number of aromatic amines is 1. The van der Waals surface area contributed by atoms with E-state index in [0.29, 0.717) is 5.02 Å². The van der Waals surface area contributed by atoms with Crippen molar-refractivity contribution in [1.82, 2.24) is 9.97 Å². The Kier molecular flexibility index (Phi) is 3.17. The normalized spacial score (nSPS) is 11.0. The highest BCUT2D eigenvalue weighted by atomic mass is 35.5. The van der Waals surface area contributed by atoms with Crippen molar-refractivity contribution < 1.29 is 0 Å². The number of hydrogen-bond acceptors (Lipinski definition) is 1. The minimum absolute atomic E-state index is 0.710. The standard InChI is InChI=1S/C19H13ClN2/c20-16-10-11-17-18(12-16)22-19(21-17)15-8-6-14(7-9-15)13-4-2-1-3-5-13/h1-12H,(H,21,22). The number of aromatic nitrogens is 2. The number of rotatable bonds is 2. The van der Waals surface area contributed by atoms with Gasteiger partial charge < -0.3 is 4.98 Å². The molecule has 22 heavy (non-hydrogen) atoms. The maximum Gasteiger partial charge on any atom is 0.138 e. The van der Waals surface area contributed by atoms with Gasteiger partial charge in [-0.1, -0.05) is 66.2 Å². The number of H-pyrrole nitrogens is 1. The SMILES string of the molecule is Clc1ccc2nc(-c3ccc(-c4ccccc4)cc3)[nH]c2c1. The first kappa shape index (κ1) is 13.1. The Hall–Kier alpha value is -2.58. The molecule has 0 radical (unpaired) electrons. The van der Waals surface area contributed by atoms with Crippen molar-refractivity contribution >= 4 is 22.6 Å². The van der Waals surface area contributed by atoms with Gasteiger partial charge in [-0.3, -0.25) is 0 Å². The Morgan fingerprint density at radius 2 is 1.41 bits per heavy atom. The number of hydrogen-bond donors (Lipinski definition) is 1. The van der Waals surface area contributed by atoms with Gasteiger partial charge in [0, 0.05) is 10.6 Å². The minimum atomic E-state index is 0.710. The van der Waals surface area contributed by atoms with Crippen LogP contribution in [0.25, 0.3) is 33.5 Å². The lowest BCUT2D eigenvalue weighted by molar-refractivity contribution is 1.34. The predicted octanol–water partition coefficient (Wildman–Crippen LogP) is 5.55. The molecule has 4 rings (SSSR count). The summed E-state index contributed by atoms with van der Waals surface area (Å²) in [6, 6.07) is 24.4. The predicted molar refractivity (Wildman–Crippen MR) is 92.0 cm³/mol. The van der Waals surface area contributed by atoms with Gasteiger partial charge in [0.05, 0.1) is 11.0 Å². The van der Waals surface area contributed by atoms with Crippen LogP contribution in [0.15, 0.2) is 72.8 Å².